The lowest BCUT2D eigenvalue weighted by molar-refractivity contribution is -0.0619. The standard InChI is InChI=1S/C13H20N2O2/c1-2-17-13(7-5-3-4-6-8-13)12-14-9-11(10-16)15-12/h9-10H,2-8H2,1H3,(H,14,15). The molecule has 1 saturated carbocycles. The third kappa shape index (κ3) is 2.57. The molecule has 0 spiro atoms. The second-order valence-corrected chi connectivity index (χ2v) is 4.65. The zero-order valence-electron chi connectivity index (χ0n) is 10.4. The van der Waals surface area contributed by atoms with Crippen LogP contribution < -0.4 is 0 Å². The minimum atomic E-state index is -0.299. The van der Waals surface area contributed by atoms with Crippen molar-refractivity contribution in [2.75, 3.05) is 6.61 Å². The van der Waals surface area contributed by atoms with Crippen LogP contribution in [0.2, 0.25) is 0 Å². The van der Waals surface area contributed by atoms with Gasteiger partial charge in [-0.2, -0.15) is 0 Å². The molecule has 0 bridgehead atoms. The number of nitrogens with zero attached hydrogens (tertiary/aromatic N) is 1. The van der Waals surface area contributed by atoms with E-state index in [1.54, 1.807) is 6.20 Å². The zero-order valence-corrected chi connectivity index (χ0v) is 10.4. The van der Waals surface area contributed by atoms with Crippen LogP contribution in [0.25, 0.3) is 0 Å². The number of carbonyl (C=O) groups is 1. The Morgan fingerprint density at radius 2 is 2.12 bits per heavy atom. The highest BCUT2D eigenvalue weighted by atomic mass is 16.5. The van der Waals surface area contributed by atoms with E-state index in [1.165, 1.54) is 12.8 Å². The van der Waals surface area contributed by atoms with Gasteiger partial charge in [0.05, 0.1) is 11.9 Å². The monoisotopic (exact) mass is 236 g/mol. The predicted octanol–water partition coefficient (Wildman–Crippen LogP) is 2.81. The van der Waals surface area contributed by atoms with Gasteiger partial charge in [-0.15, -0.1) is 0 Å². The fourth-order valence-corrected chi connectivity index (χ4v) is 2.65. The number of rotatable bonds is 4. The van der Waals surface area contributed by atoms with Gasteiger partial charge in [-0.1, -0.05) is 25.7 Å². The zero-order chi connectivity index (χ0) is 12.1. The maximum Gasteiger partial charge on any atom is 0.167 e. The van der Waals surface area contributed by atoms with Crippen LogP contribution in [0.5, 0.6) is 0 Å². The molecule has 1 fully saturated rings. The molecule has 2 rings (SSSR count). The van der Waals surface area contributed by atoms with Crippen molar-refractivity contribution in [3.8, 4) is 0 Å². The van der Waals surface area contributed by atoms with Crippen LogP contribution in [-0.4, -0.2) is 22.9 Å². The van der Waals surface area contributed by atoms with E-state index in [4.69, 9.17) is 4.74 Å². The summed E-state index contributed by atoms with van der Waals surface area (Å²) in [5.41, 5.74) is 0.232. The number of aldehydes is 1. The molecule has 0 atom stereocenters. The number of carbonyl (C=O) groups excluding carboxylic acids is 1. The Morgan fingerprint density at radius 1 is 1.41 bits per heavy atom. The van der Waals surface area contributed by atoms with Crippen molar-refractivity contribution in [2.45, 2.75) is 51.0 Å². The van der Waals surface area contributed by atoms with E-state index >= 15 is 0 Å². The van der Waals surface area contributed by atoms with Crippen molar-refractivity contribution in [2.24, 2.45) is 0 Å². The summed E-state index contributed by atoms with van der Waals surface area (Å²) in [7, 11) is 0. The SMILES string of the molecule is CCOC1(c2ncc(C=O)[nH]2)CCCCCC1. The Balaban J connectivity index is 2.27. The van der Waals surface area contributed by atoms with Gasteiger partial charge in [0, 0.05) is 6.61 Å². The molecule has 94 valence electrons. The fourth-order valence-electron chi connectivity index (χ4n) is 2.65. The normalized spacial score (nSPS) is 19.8. The van der Waals surface area contributed by atoms with Gasteiger partial charge in [0.15, 0.2) is 6.29 Å². The van der Waals surface area contributed by atoms with Gasteiger partial charge in [0.25, 0.3) is 0 Å². The molecule has 1 aliphatic carbocycles. The number of ether oxygens (including phenoxy) is 1. The van der Waals surface area contributed by atoms with E-state index in [0.29, 0.717) is 12.3 Å². The minimum absolute atomic E-state index is 0.299. The Labute approximate surface area is 102 Å². The Bertz CT molecular complexity index is 365. The maximum atomic E-state index is 10.7. The number of imidazole rings is 1. The van der Waals surface area contributed by atoms with Crippen LogP contribution in [0, 0.1) is 0 Å². The number of hydrogen-bond acceptors (Lipinski definition) is 3. The molecule has 0 saturated heterocycles. The molecule has 0 aromatic carbocycles. The van der Waals surface area contributed by atoms with E-state index < -0.39 is 0 Å². The molecule has 17 heavy (non-hydrogen) atoms. The molecule has 0 amide bonds. The lowest BCUT2D eigenvalue weighted by Gasteiger charge is -2.30. The summed E-state index contributed by atoms with van der Waals surface area (Å²) in [6.07, 6.45) is 9.22. The molecule has 0 unspecified atom stereocenters. The number of H-pyrrole nitrogens is 1. The summed E-state index contributed by atoms with van der Waals surface area (Å²) in [5, 5.41) is 0. The Morgan fingerprint density at radius 3 is 2.65 bits per heavy atom. The summed E-state index contributed by atoms with van der Waals surface area (Å²) in [6.45, 7) is 2.69. The van der Waals surface area contributed by atoms with Crippen LogP contribution in [0.3, 0.4) is 0 Å². The second-order valence-electron chi connectivity index (χ2n) is 4.65. The van der Waals surface area contributed by atoms with E-state index in [-0.39, 0.29) is 5.60 Å². The third-order valence-electron chi connectivity index (χ3n) is 3.49. The summed E-state index contributed by atoms with van der Waals surface area (Å²) in [4.78, 5) is 18.1. The Kier molecular flexibility index (Phi) is 3.94. The smallest absolute Gasteiger partial charge is 0.167 e. The van der Waals surface area contributed by atoms with Crippen LogP contribution in [-0.2, 0) is 10.3 Å². The van der Waals surface area contributed by atoms with E-state index in [1.807, 2.05) is 6.92 Å². The average Bonchev–Trinajstić information content (AvgIpc) is 2.71. The predicted molar refractivity (Wildman–Crippen MR) is 65.0 cm³/mol. The van der Waals surface area contributed by atoms with Crippen LogP contribution in [0.4, 0.5) is 0 Å². The van der Waals surface area contributed by atoms with E-state index in [2.05, 4.69) is 9.97 Å². The van der Waals surface area contributed by atoms with Crippen LogP contribution >= 0.6 is 0 Å². The van der Waals surface area contributed by atoms with Crippen LogP contribution in [0.1, 0.15) is 61.8 Å². The highest BCUT2D eigenvalue weighted by Crippen LogP contribution is 2.37. The number of nitrogens with one attached hydrogen (secondary N) is 1. The molecule has 0 aliphatic heterocycles. The first-order valence-corrected chi connectivity index (χ1v) is 6.45. The van der Waals surface area contributed by atoms with Crippen molar-refractivity contribution in [1.82, 2.24) is 9.97 Å². The van der Waals surface area contributed by atoms with E-state index in [0.717, 1.165) is 37.8 Å². The summed E-state index contributed by atoms with van der Waals surface area (Å²) >= 11 is 0. The molecule has 1 N–H and O–H groups in total. The minimum Gasteiger partial charge on any atom is -0.367 e. The molecular weight excluding hydrogens is 216 g/mol. The van der Waals surface area contributed by atoms with Crippen LogP contribution in [0.15, 0.2) is 6.20 Å². The first-order chi connectivity index (χ1) is 8.30. The summed E-state index contributed by atoms with van der Waals surface area (Å²) in [6, 6.07) is 0. The van der Waals surface area contributed by atoms with Crippen molar-refractivity contribution >= 4 is 6.29 Å². The lowest BCUT2D eigenvalue weighted by Crippen LogP contribution is -2.30. The fraction of sp³-hybridized carbons (Fsp3) is 0.692. The number of hydrogen-bond donors (Lipinski definition) is 1. The van der Waals surface area contributed by atoms with Gasteiger partial charge in [0.2, 0.25) is 0 Å². The first kappa shape index (κ1) is 12.3. The highest BCUT2D eigenvalue weighted by molar-refractivity contribution is 5.71. The average molecular weight is 236 g/mol. The van der Waals surface area contributed by atoms with Crippen molar-refractivity contribution in [1.29, 1.82) is 0 Å². The van der Waals surface area contributed by atoms with Gasteiger partial charge in [-0.05, 0) is 19.8 Å². The molecule has 4 heteroatoms. The first-order valence-electron chi connectivity index (χ1n) is 6.45. The molecule has 1 aliphatic rings. The summed E-state index contributed by atoms with van der Waals surface area (Å²) in [5.74, 6) is 0.823. The van der Waals surface area contributed by atoms with Gasteiger partial charge >= 0.3 is 0 Å². The molecule has 1 aromatic rings. The van der Waals surface area contributed by atoms with E-state index in [9.17, 15) is 4.79 Å². The molecule has 1 aromatic heterocycles. The number of aromatic nitrogens is 2. The molecule has 1 heterocycles. The molecular formula is C13H20N2O2. The van der Waals surface area contributed by atoms with Crippen molar-refractivity contribution in [3.63, 3.8) is 0 Å². The van der Waals surface area contributed by atoms with Crippen molar-refractivity contribution < 1.29 is 9.53 Å². The topological polar surface area (TPSA) is 55.0 Å². The van der Waals surface area contributed by atoms with Gasteiger partial charge < -0.3 is 9.72 Å². The Hall–Kier alpha value is -1.16. The maximum absolute atomic E-state index is 10.7. The second kappa shape index (κ2) is 5.45. The van der Waals surface area contributed by atoms with Crippen molar-refractivity contribution in [3.05, 3.63) is 17.7 Å². The van der Waals surface area contributed by atoms with Gasteiger partial charge in [-0.25, -0.2) is 4.98 Å². The summed E-state index contributed by atoms with van der Waals surface area (Å²) < 4.78 is 5.98. The van der Waals surface area contributed by atoms with Gasteiger partial charge in [-0.3, -0.25) is 4.79 Å². The largest absolute Gasteiger partial charge is 0.367 e. The molecule has 4 nitrogen and oxygen atoms in total. The van der Waals surface area contributed by atoms with Gasteiger partial charge in [0.1, 0.15) is 11.4 Å². The quantitative estimate of drug-likeness (QED) is 0.646. The molecule has 0 radical (unpaired) electrons. The number of aromatic amines is 1. The third-order valence-corrected chi connectivity index (χ3v) is 3.49. The lowest BCUT2D eigenvalue weighted by atomic mass is 9.93. The highest BCUT2D eigenvalue weighted by Gasteiger charge is 2.36.